The van der Waals surface area contributed by atoms with Crippen LogP contribution in [0.2, 0.25) is 0 Å². The first-order valence-corrected chi connectivity index (χ1v) is 11.4. The van der Waals surface area contributed by atoms with Crippen LogP contribution in [0.25, 0.3) is 17.7 Å². The minimum absolute atomic E-state index is 0.263. The van der Waals surface area contributed by atoms with Gasteiger partial charge in [-0.3, -0.25) is 9.89 Å². The van der Waals surface area contributed by atoms with Gasteiger partial charge in [-0.2, -0.15) is 5.10 Å². The van der Waals surface area contributed by atoms with Gasteiger partial charge in [-0.15, -0.1) is 0 Å². The number of piperazine rings is 1. The summed E-state index contributed by atoms with van der Waals surface area (Å²) in [6.45, 7) is 11.5. The van der Waals surface area contributed by atoms with Gasteiger partial charge >= 0.3 is 0 Å². The molecule has 1 aliphatic heterocycles. The van der Waals surface area contributed by atoms with Crippen LogP contribution in [0, 0.1) is 12.7 Å². The molecule has 0 saturated carbocycles. The number of halogens is 1. The minimum Gasteiger partial charge on any atom is -0.369 e. The normalized spacial score (nSPS) is 14.8. The van der Waals surface area contributed by atoms with Crippen molar-refractivity contribution in [3.05, 3.63) is 82.8 Å². The first kappa shape index (κ1) is 23.4. The molecule has 0 aliphatic carbocycles. The lowest BCUT2D eigenvalue weighted by Gasteiger charge is -2.34. The summed E-state index contributed by atoms with van der Waals surface area (Å²) in [7, 11) is 2.13. The van der Waals surface area contributed by atoms with Gasteiger partial charge in [0.25, 0.3) is 5.91 Å². The first-order chi connectivity index (χ1) is 16.4. The molecule has 3 aromatic rings. The van der Waals surface area contributed by atoms with Crippen LogP contribution in [0.3, 0.4) is 0 Å². The van der Waals surface area contributed by atoms with E-state index in [1.807, 2.05) is 50.3 Å². The zero-order valence-corrected chi connectivity index (χ0v) is 19.9. The fourth-order valence-corrected chi connectivity index (χ4v) is 4.25. The number of carbonyl (C=O) groups excluding carboxylic acids is 1. The van der Waals surface area contributed by atoms with Gasteiger partial charge in [0.1, 0.15) is 5.82 Å². The van der Waals surface area contributed by atoms with Crippen molar-refractivity contribution in [1.82, 2.24) is 15.1 Å². The smallest absolute Gasteiger partial charge is 0.256 e. The number of likely N-dealkylation sites (N-methyl/N-ethyl adjacent to an activating group) is 1. The fraction of sp³-hybridized carbons (Fsp3) is 0.259. The van der Waals surface area contributed by atoms with Gasteiger partial charge in [0.15, 0.2) is 5.82 Å². The molecule has 1 amide bonds. The molecule has 2 N–H and O–H groups in total. The predicted molar refractivity (Wildman–Crippen MR) is 137 cm³/mol. The minimum atomic E-state index is -0.288. The highest BCUT2D eigenvalue weighted by Gasteiger charge is 2.17. The number of benzene rings is 2. The van der Waals surface area contributed by atoms with E-state index in [4.69, 9.17) is 0 Å². The van der Waals surface area contributed by atoms with Crippen molar-refractivity contribution >= 4 is 35.1 Å². The van der Waals surface area contributed by atoms with E-state index in [0.29, 0.717) is 28.2 Å². The average Bonchev–Trinajstić information content (AvgIpc) is 3.20. The van der Waals surface area contributed by atoms with Crippen molar-refractivity contribution in [2.75, 3.05) is 43.4 Å². The predicted octanol–water partition coefficient (Wildman–Crippen LogP) is 5.06. The van der Waals surface area contributed by atoms with Crippen LogP contribution in [0.1, 0.15) is 39.7 Å². The molecule has 1 aromatic heterocycles. The number of aromatic amines is 1. The molecule has 1 saturated heterocycles. The second kappa shape index (κ2) is 10.1. The topological polar surface area (TPSA) is 64.3 Å². The molecule has 0 bridgehead atoms. The molecule has 6 nitrogen and oxygen atoms in total. The second-order valence-electron chi connectivity index (χ2n) is 8.65. The summed E-state index contributed by atoms with van der Waals surface area (Å²) in [5.74, 6) is -0.179. The Labute approximate surface area is 199 Å². The summed E-state index contributed by atoms with van der Waals surface area (Å²) in [5, 5.41) is 10.0. The molecule has 1 aliphatic rings. The number of aryl methyl sites for hydroxylation is 1. The molecule has 34 heavy (non-hydrogen) atoms. The Balaban J connectivity index is 1.55. The lowest BCUT2D eigenvalue weighted by molar-refractivity contribution is 0.102. The van der Waals surface area contributed by atoms with Crippen molar-refractivity contribution in [1.29, 1.82) is 0 Å². The summed E-state index contributed by atoms with van der Waals surface area (Å²) in [5.41, 5.74) is 5.05. The van der Waals surface area contributed by atoms with Crippen LogP contribution < -0.4 is 10.2 Å². The van der Waals surface area contributed by atoms with Gasteiger partial charge in [-0.25, -0.2) is 4.39 Å². The molecule has 7 heteroatoms. The van der Waals surface area contributed by atoms with E-state index in [2.05, 4.69) is 38.9 Å². The maximum absolute atomic E-state index is 14.5. The zero-order chi connectivity index (χ0) is 24.2. The third-order valence-corrected chi connectivity index (χ3v) is 6.24. The quantitative estimate of drug-likeness (QED) is 0.541. The second-order valence-corrected chi connectivity index (χ2v) is 8.65. The van der Waals surface area contributed by atoms with Crippen LogP contribution >= 0.6 is 0 Å². The number of nitrogens with zero attached hydrogens (tertiary/aromatic N) is 3. The van der Waals surface area contributed by atoms with Crippen LogP contribution in [-0.2, 0) is 0 Å². The summed E-state index contributed by atoms with van der Waals surface area (Å²) < 4.78 is 14.5. The Bertz CT molecular complexity index is 1200. The molecule has 2 heterocycles. The number of rotatable bonds is 6. The molecule has 2 aromatic carbocycles. The van der Waals surface area contributed by atoms with Crippen molar-refractivity contribution in [2.24, 2.45) is 0 Å². The lowest BCUT2D eigenvalue weighted by Crippen LogP contribution is -2.44. The van der Waals surface area contributed by atoms with E-state index in [-0.39, 0.29) is 11.7 Å². The number of nitrogens with one attached hydrogen (secondary N) is 2. The highest BCUT2D eigenvalue weighted by Crippen LogP contribution is 2.28. The summed E-state index contributed by atoms with van der Waals surface area (Å²) >= 11 is 0. The standard InChI is InChI=1S/C27H30FN5O/c1-5-24-22(17-19(3)25-18(2)7-6-8-23(25)28)26(31-30-24)29-27(34)20-9-11-21(12-10-20)33-15-13-32(4)14-16-33/h5-12,17H,1,13-16H2,2-4H3,(H2,29,30,31,34)/b19-17+. The number of amides is 1. The molecular formula is C27H30FN5O. The highest BCUT2D eigenvalue weighted by atomic mass is 19.1. The van der Waals surface area contributed by atoms with Crippen molar-refractivity contribution in [3.63, 3.8) is 0 Å². The Morgan fingerprint density at radius 3 is 2.50 bits per heavy atom. The molecular weight excluding hydrogens is 429 g/mol. The van der Waals surface area contributed by atoms with Gasteiger partial charge in [0.2, 0.25) is 0 Å². The SMILES string of the molecule is C=Cc1[nH]nc(NC(=O)c2ccc(N3CCN(C)CC3)cc2)c1/C=C(\C)c1c(C)cccc1F. The number of carbonyl (C=O) groups is 1. The summed E-state index contributed by atoms with van der Waals surface area (Å²) in [4.78, 5) is 17.6. The average molecular weight is 460 g/mol. The maximum Gasteiger partial charge on any atom is 0.256 e. The van der Waals surface area contributed by atoms with Crippen LogP contribution in [0.5, 0.6) is 0 Å². The number of H-pyrrole nitrogens is 1. The summed E-state index contributed by atoms with van der Waals surface area (Å²) in [6, 6.07) is 12.6. The Morgan fingerprint density at radius 1 is 1.15 bits per heavy atom. The van der Waals surface area contributed by atoms with E-state index in [0.717, 1.165) is 43.0 Å². The number of hydrogen-bond donors (Lipinski definition) is 2. The molecule has 0 radical (unpaired) electrons. The van der Waals surface area contributed by atoms with E-state index in [1.165, 1.54) is 6.07 Å². The Hall–Kier alpha value is -3.71. The summed E-state index contributed by atoms with van der Waals surface area (Å²) in [6.07, 6.45) is 3.44. The largest absolute Gasteiger partial charge is 0.369 e. The molecule has 0 atom stereocenters. The van der Waals surface area contributed by atoms with Gasteiger partial charge in [0, 0.05) is 48.6 Å². The van der Waals surface area contributed by atoms with E-state index in [1.54, 1.807) is 12.1 Å². The number of anilines is 2. The van der Waals surface area contributed by atoms with Crippen LogP contribution in [-0.4, -0.2) is 54.2 Å². The Kier molecular flexibility index (Phi) is 6.93. The highest BCUT2D eigenvalue weighted by molar-refractivity contribution is 6.05. The van der Waals surface area contributed by atoms with Crippen molar-refractivity contribution in [3.8, 4) is 0 Å². The first-order valence-electron chi connectivity index (χ1n) is 11.4. The molecule has 1 fully saturated rings. The lowest BCUT2D eigenvalue weighted by atomic mass is 9.99. The molecule has 0 spiro atoms. The Morgan fingerprint density at radius 2 is 1.85 bits per heavy atom. The third-order valence-electron chi connectivity index (χ3n) is 6.24. The van der Waals surface area contributed by atoms with E-state index in [9.17, 15) is 9.18 Å². The van der Waals surface area contributed by atoms with E-state index < -0.39 is 0 Å². The number of aromatic nitrogens is 2. The fourth-order valence-electron chi connectivity index (χ4n) is 4.25. The maximum atomic E-state index is 14.5. The van der Waals surface area contributed by atoms with Crippen LogP contribution in [0.4, 0.5) is 15.9 Å². The van der Waals surface area contributed by atoms with Crippen molar-refractivity contribution in [2.45, 2.75) is 13.8 Å². The molecule has 176 valence electrons. The molecule has 4 rings (SSSR count). The van der Waals surface area contributed by atoms with Gasteiger partial charge < -0.3 is 15.1 Å². The van der Waals surface area contributed by atoms with Crippen molar-refractivity contribution < 1.29 is 9.18 Å². The van der Waals surface area contributed by atoms with Gasteiger partial charge in [0.05, 0.1) is 5.69 Å². The molecule has 0 unspecified atom stereocenters. The number of hydrogen-bond acceptors (Lipinski definition) is 4. The number of allylic oxidation sites excluding steroid dienone is 1. The monoisotopic (exact) mass is 459 g/mol. The third kappa shape index (κ3) is 4.94. The van der Waals surface area contributed by atoms with Gasteiger partial charge in [-0.05, 0) is 74.5 Å². The van der Waals surface area contributed by atoms with Crippen LogP contribution in [0.15, 0.2) is 49.0 Å². The van der Waals surface area contributed by atoms with Gasteiger partial charge in [-0.1, -0.05) is 18.7 Å². The van der Waals surface area contributed by atoms with E-state index >= 15 is 0 Å². The zero-order valence-electron chi connectivity index (χ0n) is 19.9.